The molecule has 2 aromatic rings. The first-order valence-corrected chi connectivity index (χ1v) is 9.91. The number of esters is 1. The molecule has 1 atom stereocenters. The summed E-state index contributed by atoms with van der Waals surface area (Å²) in [6.07, 6.45) is 3.23. The summed E-state index contributed by atoms with van der Waals surface area (Å²) in [4.78, 5) is 25.5. The molecule has 7 heteroatoms. The maximum atomic E-state index is 15.2. The summed E-state index contributed by atoms with van der Waals surface area (Å²) >= 11 is 6.35. The lowest BCUT2D eigenvalue weighted by Gasteiger charge is -2.35. The van der Waals surface area contributed by atoms with E-state index in [0.29, 0.717) is 43.4 Å². The summed E-state index contributed by atoms with van der Waals surface area (Å²) in [6.45, 7) is 1.84. The molecular formula is C21H22ClFN2O3. The van der Waals surface area contributed by atoms with Crippen molar-refractivity contribution in [3.05, 3.63) is 51.3 Å². The van der Waals surface area contributed by atoms with Gasteiger partial charge in [-0.2, -0.15) is 5.10 Å². The van der Waals surface area contributed by atoms with Crippen LogP contribution >= 0.6 is 11.6 Å². The Morgan fingerprint density at radius 1 is 1.36 bits per heavy atom. The molecule has 0 amide bonds. The quantitative estimate of drug-likeness (QED) is 0.720. The van der Waals surface area contributed by atoms with Gasteiger partial charge in [-0.05, 0) is 50.7 Å². The number of rotatable bonds is 3. The van der Waals surface area contributed by atoms with E-state index in [4.69, 9.17) is 16.3 Å². The molecular weight excluding hydrogens is 383 g/mol. The minimum absolute atomic E-state index is 0.164. The largest absolute Gasteiger partial charge is 0.469 e. The fourth-order valence-electron chi connectivity index (χ4n) is 4.31. The Hall–Kier alpha value is -2.21. The number of halogens is 2. The molecule has 2 aliphatic carbocycles. The van der Waals surface area contributed by atoms with Crippen LogP contribution in [0.1, 0.15) is 58.6 Å². The molecule has 0 saturated heterocycles. The summed E-state index contributed by atoms with van der Waals surface area (Å²) in [7, 11) is 1.36. The number of alkyl halides is 1. The molecule has 1 saturated carbocycles. The Morgan fingerprint density at radius 3 is 2.75 bits per heavy atom. The molecule has 1 aromatic heterocycles. The lowest BCUT2D eigenvalue weighted by Crippen LogP contribution is -2.33. The van der Waals surface area contributed by atoms with Gasteiger partial charge in [-0.3, -0.25) is 9.59 Å². The first-order chi connectivity index (χ1) is 13.4. The summed E-state index contributed by atoms with van der Waals surface area (Å²) in [5.74, 6) is -1.05. The van der Waals surface area contributed by atoms with Crippen LogP contribution in [0.15, 0.2) is 18.2 Å². The molecule has 0 N–H and O–H groups in total. The number of ether oxygens (including phenoxy) is 1. The molecule has 0 radical (unpaired) electrons. The number of methoxy groups -OCH3 is 1. The van der Waals surface area contributed by atoms with E-state index < -0.39 is 11.6 Å². The van der Waals surface area contributed by atoms with Crippen LogP contribution in [-0.2, 0) is 28.0 Å². The summed E-state index contributed by atoms with van der Waals surface area (Å²) < 4.78 is 21.4. The van der Waals surface area contributed by atoms with Crippen molar-refractivity contribution >= 4 is 23.5 Å². The van der Waals surface area contributed by atoms with Crippen LogP contribution in [-0.4, -0.2) is 28.8 Å². The van der Waals surface area contributed by atoms with Gasteiger partial charge in [0.2, 0.25) is 0 Å². The maximum Gasteiger partial charge on any atom is 0.309 e. The average Bonchev–Trinajstić information content (AvgIpc) is 3.01. The zero-order valence-corrected chi connectivity index (χ0v) is 16.7. The highest BCUT2D eigenvalue weighted by Crippen LogP contribution is 2.47. The molecule has 4 rings (SSSR count). The normalized spacial score (nSPS) is 20.2. The van der Waals surface area contributed by atoms with Gasteiger partial charge in [0, 0.05) is 12.0 Å². The predicted octanol–water partition coefficient (Wildman–Crippen LogP) is 4.16. The molecule has 1 unspecified atom stereocenters. The zero-order valence-electron chi connectivity index (χ0n) is 15.9. The van der Waals surface area contributed by atoms with Crippen LogP contribution < -0.4 is 0 Å². The van der Waals surface area contributed by atoms with Crippen molar-refractivity contribution in [2.75, 3.05) is 7.11 Å². The predicted molar refractivity (Wildman–Crippen MR) is 102 cm³/mol. The van der Waals surface area contributed by atoms with E-state index in [9.17, 15) is 9.59 Å². The third-order valence-corrected chi connectivity index (χ3v) is 6.37. The first-order valence-electron chi connectivity index (χ1n) is 9.53. The van der Waals surface area contributed by atoms with Gasteiger partial charge < -0.3 is 4.74 Å². The highest BCUT2D eigenvalue weighted by Gasteiger charge is 2.42. The third kappa shape index (κ3) is 2.94. The molecule has 1 heterocycles. The van der Waals surface area contributed by atoms with E-state index in [1.165, 1.54) is 11.8 Å². The SMILES string of the molecule is COC(=O)C1CCc2c(C)nn(C(=O)c3c(Cl)cccc3C3(F)CCC3)c2C1. The average molecular weight is 405 g/mol. The van der Waals surface area contributed by atoms with Gasteiger partial charge in [0.1, 0.15) is 5.67 Å². The molecule has 1 fully saturated rings. The van der Waals surface area contributed by atoms with Crippen molar-refractivity contribution in [2.45, 2.75) is 51.1 Å². The second kappa shape index (κ2) is 6.99. The van der Waals surface area contributed by atoms with E-state index in [2.05, 4.69) is 5.10 Å². The summed E-state index contributed by atoms with van der Waals surface area (Å²) in [5.41, 5.74) is 1.39. The number of nitrogens with zero attached hydrogens (tertiary/aromatic N) is 2. The minimum atomic E-state index is -1.52. The maximum absolute atomic E-state index is 15.2. The standard InChI is InChI=1S/C21H22ClFN2O3/c1-12-14-8-7-13(20(27)28-2)11-17(14)25(24-12)19(26)18-15(5-3-6-16(18)22)21(23)9-4-10-21/h3,5-6,13H,4,7-11H2,1-2H3. The van der Waals surface area contributed by atoms with Crippen molar-refractivity contribution in [1.82, 2.24) is 9.78 Å². The van der Waals surface area contributed by atoms with E-state index in [0.717, 1.165) is 17.7 Å². The van der Waals surface area contributed by atoms with E-state index in [-0.39, 0.29) is 22.5 Å². The van der Waals surface area contributed by atoms with Crippen LogP contribution in [0.3, 0.4) is 0 Å². The number of aryl methyl sites for hydroxylation is 1. The van der Waals surface area contributed by atoms with Crippen molar-refractivity contribution in [3.8, 4) is 0 Å². The third-order valence-electron chi connectivity index (χ3n) is 6.06. The molecule has 0 aliphatic heterocycles. The van der Waals surface area contributed by atoms with Crippen LogP contribution in [0.5, 0.6) is 0 Å². The van der Waals surface area contributed by atoms with Crippen LogP contribution in [0.2, 0.25) is 5.02 Å². The second-order valence-corrected chi connectivity index (χ2v) is 8.08. The molecule has 2 aliphatic rings. The topological polar surface area (TPSA) is 61.2 Å². The Kier molecular flexibility index (Phi) is 4.78. The summed E-state index contributed by atoms with van der Waals surface area (Å²) in [5, 5.41) is 4.65. The summed E-state index contributed by atoms with van der Waals surface area (Å²) in [6, 6.07) is 4.91. The van der Waals surface area contributed by atoms with Crippen LogP contribution in [0.25, 0.3) is 0 Å². The van der Waals surface area contributed by atoms with Gasteiger partial charge in [-0.15, -0.1) is 0 Å². The van der Waals surface area contributed by atoms with Gasteiger partial charge in [-0.25, -0.2) is 9.07 Å². The Morgan fingerprint density at radius 2 is 2.11 bits per heavy atom. The van der Waals surface area contributed by atoms with Gasteiger partial charge >= 0.3 is 5.97 Å². The van der Waals surface area contributed by atoms with Crippen molar-refractivity contribution in [3.63, 3.8) is 0 Å². The van der Waals surface area contributed by atoms with Crippen molar-refractivity contribution in [1.29, 1.82) is 0 Å². The Balaban J connectivity index is 1.78. The molecule has 0 spiro atoms. The van der Waals surface area contributed by atoms with Crippen molar-refractivity contribution in [2.24, 2.45) is 5.92 Å². The van der Waals surface area contributed by atoms with Gasteiger partial charge in [0.05, 0.1) is 35.0 Å². The molecule has 28 heavy (non-hydrogen) atoms. The molecule has 148 valence electrons. The van der Waals surface area contributed by atoms with E-state index in [1.54, 1.807) is 18.2 Å². The highest BCUT2D eigenvalue weighted by molar-refractivity contribution is 6.34. The number of aromatic nitrogens is 2. The van der Waals surface area contributed by atoms with Gasteiger partial charge in [0.25, 0.3) is 5.91 Å². The van der Waals surface area contributed by atoms with Gasteiger partial charge in [0.15, 0.2) is 0 Å². The van der Waals surface area contributed by atoms with Crippen LogP contribution in [0.4, 0.5) is 4.39 Å². The molecule has 0 bridgehead atoms. The number of hydrogen-bond acceptors (Lipinski definition) is 4. The molecule has 1 aromatic carbocycles. The Bertz CT molecular complexity index is 965. The number of hydrogen-bond donors (Lipinski definition) is 0. The highest BCUT2D eigenvalue weighted by atomic mass is 35.5. The first kappa shape index (κ1) is 19.1. The number of fused-ring (bicyclic) bond motifs is 1. The lowest BCUT2D eigenvalue weighted by molar-refractivity contribution is -0.145. The van der Waals surface area contributed by atoms with Crippen molar-refractivity contribution < 1.29 is 18.7 Å². The van der Waals surface area contributed by atoms with Gasteiger partial charge in [-0.1, -0.05) is 23.7 Å². The number of carbonyl (C=O) groups is 2. The fraction of sp³-hybridized carbons (Fsp3) is 0.476. The van der Waals surface area contributed by atoms with Crippen LogP contribution in [0, 0.1) is 12.8 Å². The fourth-order valence-corrected chi connectivity index (χ4v) is 4.56. The monoisotopic (exact) mass is 404 g/mol. The Labute approximate surface area is 167 Å². The number of carbonyl (C=O) groups excluding carboxylic acids is 2. The second-order valence-electron chi connectivity index (χ2n) is 7.67. The zero-order chi connectivity index (χ0) is 20.1. The van der Waals surface area contributed by atoms with E-state index in [1.807, 2.05) is 6.92 Å². The number of benzene rings is 1. The molecule has 5 nitrogen and oxygen atoms in total. The minimum Gasteiger partial charge on any atom is -0.469 e. The lowest BCUT2D eigenvalue weighted by atomic mass is 9.75. The smallest absolute Gasteiger partial charge is 0.309 e. The van der Waals surface area contributed by atoms with E-state index >= 15 is 4.39 Å².